The molecule has 1 aromatic rings. The highest BCUT2D eigenvalue weighted by Gasteiger charge is 2.36. The third-order valence-electron chi connectivity index (χ3n) is 6.61. The first kappa shape index (κ1) is 30.9. The van der Waals surface area contributed by atoms with Crippen molar-refractivity contribution >= 4 is 17.8 Å². The molecule has 2 amide bonds. The van der Waals surface area contributed by atoms with Crippen LogP contribution in [0, 0.1) is 5.92 Å². The number of ether oxygens (including phenoxy) is 3. The molecule has 2 fully saturated rings. The molecule has 1 heterocycles. The van der Waals surface area contributed by atoms with E-state index in [1.807, 2.05) is 45.0 Å². The lowest BCUT2D eigenvalue weighted by Gasteiger charge is -2.38. The Kier molecular flexibility index (Phi) is 10.4. The molecule has 1 N–H and O–H groups in total. The lowest BCUT2D eigenvalue weighted by molar-refractivity contribution is -0.143. The predicted molar refractivity (Wildman–Crippen MR) is 150 cm³/mol. The molecular weight excluding hydrogens is 498 g/mol. The van der Waals surface area contributed by atoms with E-state index < -0.39 is 29.4 Å². The van der Waals surface area contributed by atoms with Crippen molar-refractivity contribution in [2.45, 2.75) is 91.1 Å². The summed E-state index contributed by atoms with van der Waals surface area (Å²) in [5.74, 6) is 1.07. The molecule has 3 rings (SSSR count). The van der Waals surface area contributed by atoms with Crippen LogP contribution in [0.25, 0.3) is 0 Å². The van der Waals surface area contributed by atoms with Crippen LogP contribution in [0.3, 0.4) is 0 Å². The Morgan fingerprint density at radius 1 is 0.949 bits per heavy atom. The molecule has 2 aliphatic rings. The molecule has 0 aromatic heterocycles. The number of rotatable bonds is 11. The maximum atomic E-state index is 13.5. The van der Waals surface area contributed by atoms with E-state index in [2.05, 4.69) is 10.2 Å². The first-order valence-electron chi connectivity index (χ1n) is 14.2. The van der Waals surface area contributed by atoms with Crippen LogP contribution >= 0.6 is 0 Å². The van der Waals surface area contributed by atoms with Gasteiger partial charge in [0.2, 0.25) is 5.91 Å². The van der Waals surface area contributed by atoms with Crippen LogP contribution in [0.5, 0.6) is 5.75 Å². The molecule has 1 saturated carbocycles. The molecular formula is C30H47N3O6. The number of benzene rings is 1. The summed E-state index contributed by atoms with van der Waals surface area (Å²) in [7, 11) is 0. The predicted octanol–water partition coefficient (Wildman–Crippen LogP) is 4.29. The molecule has 0 bridgehead atoms. The molecule has 0 radical (unpaired) electrons. The number of Topliss-reactive ketones (excluding diaryl/α,β-unsaturated/α-hetero) is 1. The minimum absolute atomic E-state index is 0.163. The maximum absolute atomic E-state index is 13.5. The summed E-state index contributed by atoms with van der Waals surface area (Å²) in [4.78, 5) is 42.2. The van der Waals surface area contributed by atoms with E-state index in [1.165, 1.54) is 0 Å². The molecule has 218 valence electrons. The summed E-state index contributed by atoms with van der Waals surface area (Å²) in [5, 5.41) is 2.75. The fourth-order valence-electron chi connectivity index (χ4n) is 4.60. The molecule has 9 heteroatoms. The fourth-order valence-corrected chi connectivity index (χ4v) is 4.60. The highest BCUT2D eigenvalue weighted by atomic mass is 16.6. The van der Waals surface area contributed by atoms with E-state index in [0.29, 0.717) is 19.7 Å². The molecule has 2 atom stereocenters. The molecule has 1 aliphatic heterocycles. The minimum atomic E-state index is -0.843. The summed E-state index contributed by atoms with van der Waals surface area (Å²) in [6.45, 7) is 17.0. The van der Waals surface area contributed by atoms with E-state index >= 15 is 0 Å². The van der Waals surface area contributed by atoms with Gasteiger partial charge in [0.1, 0.15) is 17.4 Å². The van der Waals surface area contributed by atoms with E-state index in [9.17, 15) is 14.4 Å². The zero-order valence-electron chi connectivity index (χ0n) is 24.7. The summed E-state index contributed by atoms with van der Waals surface area (Å²) >= 11 is 0. The van der Waals surface area contributed by atoms with Crippen LogP contribution in [0.2, 0.25) is 0 Å². The number of carbonyl (C=O) groups is 3. The quantitative estimate of drug-likeness (QED) is 0.327. The Labute approximate surface area is 233 Å². The average Bonchev–Trinajstić information content (AvgIpc) is 3.68. The molecule has 9 nitrogen and oxygen atoms in total. The monoisotopic (exact) mass is 545 g/mol. The number of hydrogen-bond donors (Lipinski definition) is 1. The van der Waals surface area contributed by atoms with E-state index in [0.717, 1.165) is 50.2 Å². The summed E-state index contributed by atoms with van der Waals surface area (Å²) in [6, 6.07) is 6.60. The molecule has 1 saturated heterocycles. The summed E-state index contributed by atoms with van der Waals surface area (Å²) in [5.41, 5.74) is -0.371. The van der Waals surface area contributed by atoms with Crippen molar-refractivity contribution in [3.63, 3.8) is 0 Å². The second-order valence-corrected chi connectivity index (χ2v) is 12.6. The van der Waals surface area contributed by atoms with Gasteiger partial charge >= 0.3 is 6.09 Å². The van der Waals surface area contributed by atoms with Crippen molar-refractivity contribution in [2.75, 3.05) is 39.3 Å². The van der Waals surface area contributed by atoms with Crippen molar-refractivity contribution in [2.24, 2.45) is 5.92 Å². The SMILES string of the molecule is C[C@H](OC(C)(C)C)[C@@H](NC(=O)OC(C)(C)C)C(=O)N1CCN(CCCOc2ccc(C(=O)C3CC3)cc2)CC1. The van der Waals surface area contributed by atoms with E-state index in [1.54, 1.807) is 32.6 Å². The van der Waals surface area contributed by atoms with Gasteiger partial charge in [-0.3, -0.25) is 14.5 Å². The van der Waals surface area contributed by atoms with Gasteiger partial charge in [-0.2, -0.15) is 0 Å². The van der Waals surface area contributed by atoms with Crippen LogP contribution < -0.4 is 10.1 Å². The lowest BCUT2D eigenvalue weighted by Crippen LogP contribution is -2.59. The van der Waals surface area contributed by atoms with Gasteiger partial charge in [-0.15, -0.1) is 0 Å². The van der Waals surface area contributed by atoms with Gasteiger partial charge in [0, 0.05) is 44.2 Å². The van der Waals surface area contributed by atoms with Crippen molar-refractivity contribution < 1.29 is 28.6 Å². The number of ketones is 1. The minimum Gasteiger partial charge on any atom is -0.494 e. The van der Waals surface area contributed by atoms with Gasteiger partial charge in [-0.1, -0.05) is 0 Å². The van der Waals surface area contributed by atoms with Crippen molar-refractivity contribution in [1.29, 1.82) is 0 Å². The average molecular weight is 546 g/mol. The van der Waals surface area contributed by atoms with Gasteiger partial charge in [0.25, 0.3) is 0 Å². The zero-order valence-corrected chi connectivity index (χ0v) is 24.7. The molecule has 0 spiro atoms. The Balaban J connectivity index is 1.43. The van der Waals surface area contributed by atoms with Crippen molar-refractivity contribution in [1.82, 2.24) is 15.1 Å². The van der Waals surface area contributed by atoms with Crippen LogP contribution in [-0.4, -0.2) is 90.3 Å². The van der Waals surface area contributed by atoms with Gasteiger partial charge in [-0.05, 0) is 92.0 Å². The largest absolute Gasteiger partial charge is 0.494 e. The van der Waals surface area contributed by atoms with Crippen LogP contribution in [-0.2, 0) is 14.3 Å². The van der Waals surface area contributed by atoms with Crippen LogP contribution in [0.15, 0.2) is 24.3 Å². The van der Waals surface area contributed by atoms with Crippen molar-refractivity contribution in [3.05, 3.63) is 29.8 Å². The third-order valence-corrected chi connectivity index (χ3v) is 6.61. The Morgan fingerprint density at radius 3 is 2.10 bits per heavy atom. The van der Waals surface area contributed by atoms with Gasteiger partial charge in [0.05, 0.1) is 18.3 Å². The van der Waals surface area contributed by atoms with E-state index in [4.69, 9.17) is 14.2 Å². The van der Waals surface area contributed by atoms with Gasteiger partial charge in [0.15, 0.2) is 5.78 Å². The molecule has 39 heavy (non-hydrogen) atoms. The number of amides is 2. The second kappa shape index (κ2) is 13.1. The normalized spacial score (nSPS) is 18.3. The number of hydrogen-bond acceptors (Lipinski definition) is 7. The number of nitrogens with one attached hydrogen (secondary N) is 1. The third kappa shape index (κ3) is 10.4. The first-order valence-corrected chi connectivity index (χ1v) is 14.2. The Hall–Kier alpha value is -2.65. The molecule has 1 aromatic carbocycles. The van der Waals surface area contributed by atoms with Crippen LogP contribution in [0.4, 0.5) is 4.79 Å². The van der Waals surface area contributed by atoms with Crippen LogP contribution in [0.1, 0.15) is 78.1 Å². The number of nitrogens with zero attached hydrogens (tertiary/aromatic N) is 2. The fraction of sp³-hybridized carbons (Fsp3) is 0.700. The number of carbonyl (C=O) groups excluding carboxylic acids is 3. The first-order chi connectivity index (χ1) is 18.2. The number of alkyl carbamates (subject to hydrolysis) is 1. The Morgan fingerprint density at radius 2 is 1.56 bits per heavy atom. The Bertz CT molecular complexity index is 970. The number of piperazine rings is 1. The summed E-state index contributed by atoms with van der Waals surface area (Å²) < 4.78 is 17.3. The summed E-state index contributed by atoms with van der Waals surface area (Å²) in [6.07, 6.45) is 1.71. The second-order valence-electron chi connectivity index (χ2n) is 12.6. The van der Waals surface area contributed by atoms with E-state index in [-0.39, 0.29) is 17.6 Å². The standard InChI is InChI=1S/C30H47N3O6/c1-21(38-29(2,3)4)25(31-28(36)39-30(5,6)7)27(35)33-18-16-32(17-19-33)15-8-20-37-24-13-11-23(12-14-24)26(34)22-9-10-22/h11-14,21-22,25H,8-10,15-20H2,1-7H3,(H,31,36)/t21-,25+/m0/s1. The lowest BCUT2D eigenvalue weighted by atomic mass is 10.1. The van der Waals surface area contributed by atoms with Crippen molar-refractivity contribution in [3.8, 4) is 5.75 Å². The topological polar surface area (TPSA) is 97.4 Å². The smallest absolute Gasteiger partial charge is 0.408 e. The zero-order chi connectivity index (χ0) is 28.8. The highest BCUT2D eigenvalue weighted by Crippen LogP contribution is 2.32. The maximum Gasteiger partial charge on any atom is 0.408 e. The van der Waals surface area contributed by atoms with Gasteiger partial charge < -0.3 is 24.4 Å². The van der Waals surface area contributed by atoms with Gasteiger partial charge in [-0.25, -0.2) is 4.79 Å². The molecule has 1 aliphatic carbocycles. The highest BCUT2D eigenvalue weighted by molar-refractivity contribution is 5.99. The molecule has 0 unspecified atom stereocenters.